The number of aromatic nitrogens is 1. The Morgan fingerprint density at radius 3 is 2.60 bits per heavy atom. The highest BCUT2D eigenvalue weighted by atomic mass is 35.5. The molecule has 0 bridgehead atoms. The molecule has 0 aliphatic heterocycles. The molecule has 0 spiro atoms. The topological polar surface area (TPSA) is 71.3 Å². The second-order valence-corrected chi connectivity index (χ2v) is 6.28. The zero-order chi connectivity index (χ0) is 15.5. The van der Waals surface area contributed by atoms with Crippen LogP contribution in [0.15, 0.2) is 12.3 Å². The van der Waals surface area contributed by atoms with Crippen molar-refractivity contribution in [3.05, 3.63) is 27.4 Å². The second-order valence-electron chi connectivity index (χ2n) is 5.87. The number of hydrogen-bond donors (Lipinski definition) is 1. The van der Waals surface area contributed by atoms with Crippen molar-refractivity contribution < 1.29 is 4.92 Å². The van der Waals surface area contributed by atoms with Gasteiger partial charge in [-0.25, -0.2) is 4.98 Å². The lowest BCUT2D eigenvalue weighted by Crippen LogP contribution is -2.41. The summed E-state index contributed by atoms with van der Waals surface area (Å²) in [6, 6.07) is 1.42. The van der Waals surface area contributed by atoms with Gasteiger partial charge in [-0.05, 0) is 26.4 Å². The van der Waals surface area contributed by atoms with Gasteiger partial charge in [0.1, 0.15) is 12.0 Å². The van der Waals surface area contributed by atoms with Crippen LogP contribution in [-0.2, 0) is 0 Å². The smallest absolute Gasteiger partial charge is 0.289 e. The normalized spacial score (nSPS) is 13.3. The summed E-state index contributed by atoms with van der Waals surface area (Å²) in [5.74, 6) is 0.469. The van der Waals surface area contributed by atoms with E-state index in [0.29, 0.717) is 5.82 Å². The highest BCUT2D eigenvalue weighted by Gasteiger charge is 2.27. The number of anilines is 1. The Labute approximate surface area is 124 Å². The van der Waals surface area contributed by atoms with Crippen molar-refractivity contribution in [3.8, 4) is 0 Å². The second kappa shape index (κ2) is 6.37. The zero-order valence-corrected chi connectivity index (χ0v) is 13.2. The molecule has 0 radical (unpaired) electrons. The van der Waals surface area contributed by atoms with Crippen LogP contribution in [0.5, 0.6) is 0 Å². The van der Waals surface area contributed by atoms with Crippen molar-refractivity contribution in [3.63, 3.8) is 0 Å². The van der Waals surface area contributed by atoms with E-state index < -0.39 is 4.92 Å². The molecule has 0 aliphatic rings. The van der Waals surface area contributed by atoms with Gasteiger partial charge in [0.25, 0.3) is 5.69 Å². The average Bonchev–Trinajstić information content (AvgIpc) is 2.29. The number of nitro groups is 1. The minimum Gasteiger partial charge on any atom is -0.366 e. The van der Waals surface area contributed by atoms with Gasteiger partial charge in [-0.1, -0.05) is 25.4 Å². The first-order chi connectivity index (χ1) is 9.13. The number of halogens is 1. The lowest BCUT2D eigenvalue weighted by Gasteiger charge is -2.35. The van der Waals surface area contributed by atoms with Crippen molar-refractivity contribution >= 4 is 23.1 Å². The van der Waals surface area contributed by atoms with Crippen LogP contribution in [-0.4, -0.2) is 41.5 Å². The fourth-order valence-corrected chi connectivity index (χ4v) is 2.20. The standard InChI is InChI=1S/C13H21ClN4O2/c1-9(13(2,3)8-17(4)5)16-12-11(14)6-10(7-15-12)18(19)20/h6-7,9H,8H2,1-5H3,(H,15,16). The molecule has 20 heavy (non-hydrogen) atoms. The van der Waals surface area contributed by atoms with Gasteiger partial charge in [-0.3, -0.25) is 10.1 Å². The molecule has 6 nitrogen and oxygen atoms in total. The van der Waals surface area contributed by atoms with Gasteiger partial charge < -0.3 is 10.2 Å². The van der Waals surface area contributed by atoms with Gasteiger partial charge in [-0.2, -0.15) is 0 Å². The van der Waals surface area contributed by atoms with E-state index in [9.17, 15) is 10.1 Å². The summed E-state index contributed by atoms with van der Waals surface area (Å²) in [5, 5.41) is 14.1. The molecule has 1 atom stereocenters. The maximum Gasteiger partial charge on any atom is 0.289 e. The molecule has 7 heteroatoms. The van der Waals surface area contributed by atoms with E-state index in [2.05, 4.69) is 29.0 Å². The van der Waals surface area contributed by atoms with Gasteiger partial charge in [0.05, 0.1) is 9.95 Å². The molecular weight excluding hydrogens is 280 g/mol. The minimum atomic E-state index is -0.512. The SMILES string of the molecule is CC(Nc1ncc([N+](=O)[O-])cc1Cl)C(C)(C)CN(C)C. The molecule has 0 aliphatic carbocycles. The summed E-state index contributed by atoms with van der Waals surface area (Å²) < 4.78 is 0. The van der Waals surface area contributed by atoms with Crippen LogP contribution >= 0.6 is 11.6 Å². The Kier molecular flexibility index (Phi) is 5.30. The quantitative estimate of drug-likeness (QED) is 0.646. The van der Waals surface area contributed by atoms with Crippen LogP contribution in [0.25, 0.3) is 0 Å². The third kappa shape index (κ3) is 4.31. The molecule has 0 amide bonds. The van der Waals surface area contributed by atoms with Crippen molar-refractivity contribution in [2.24, 2.45) is 5.41 Å². The molecule has 1 unspecified atom stereocenters. The largest absolute Gasteiger partial charge is 0.366 e. The van der Waals surface area contributed by atoms with E-state index in [1.165, 1.54) is 12.3 Å². The Morgan fingerprint density at radius 2 is 2.15 bits per heavy atom. The first-order valence-electron chi connectivity index (χ1n) is 6.34. The van der Waals surface area contributed by atoms with Gasteiger partial charge in [0.15, 0.2) is 0 Å². The Bertz CT molecular complexity index is 491. The maximum atomic E-state index is 10.6. The summed E-state index contributed by atoms with van der Waals surface area (Å²) in [6.45, 7) is 7.22. The van der Waals surface area contributed by atoms with E-state index in [4.69, 9.17) is 11.6 Å². The summed E-state index contributed by atoms with van der Waals surface area (Å²) in [4.78, 5) is 16.3. The molecule has 1 N–H and O–H groups in total. The lowest BCUT2D eigenvalue weighted by atomic mass is 9.85. The molecule has 1 rings (SSSR count). The Balaban J connectivity index is 2.85. The molecular formula is C13H21ClN4O2. The van der Waals surface area contributed by atoms with E-state index in [-0.39, 0.29) is 22.2 Å². The van der Waals surface area contributed by atoms with Crippen LogP contribution in [0.4, 0.5) is 11.5 Å². The summed E-state index contributed by atoms with van der Waals surface area (Å²) in [7, 11) is 4.04. The lowest BCUT2D eigenvalue weighted by molar-refractivity contribution is -0.385. The summed E-state index contributed by atoms with van der Waals surface area (Å²) >= 11 is 6.03. The fourth-order valence-electron chi connectivity index (χ4n) is 1.99. The first kappa shape index (κ1) is 16.7. The molecule has 1 aromatic heterocycles. The Morgan fingerprint density at radius 1 is 1.55 bits per heavy atom. The first-order valence-corrected chi connectivity index (χ1v) is 6.72. The van der Waals surface area contributed by atoms with Gasteiger partial charge in [0.2, 0.25) is 0 Å². The average molecular weight is 301 g/mol. The highest BCUT2D eigenvalue weighted by Crippen LogP contribution is 2.28. The van der Waals surface area contributed by atoms with E-state index >= 15 is 0 Å². The van der Waals surface area contributed by atoms with Crippen LogP contribution < -0.4 is 5.32 Å². The molecule has 0 fully saturated rings. The molecule has 112 valence electrons. The van der Waals surface area contributed by atoms with Gasteiger partial charge >= 0.3 is 0 Å². The molecule has 1 heterocycles. The number of nitrogens with one attached hydrogen (secondary N) is 1. The third-order valence-corrected chi connectivity index (χ3v) is 3.57. The molecule has 0 saturated carbocycles. The summed E-state index contributed by atoms with van der Waals surface area (Å²) in [6.07, 6.45) is 1.21. The third-order valence-electron chi connectivity index (χ3n) is 3.29. The highest BCUT2D eigenvalue weighted by molar-refractivity contribution is 6.33. The summed E-state index contributed by atoms with van der Waals surface area (Å²) in [5.41, 5.74) is -0.114. The molecule has 0 saturated heterocycles. The molecule has 0 aromatic carbocycles. The minimum absolute atomic E-state index is 0.00369. The van der Waals surface area contributed by atoms with Crippen molar-refractivity contribution in [2.45, 2.75) is 26.8 Å². The maximum absolute atomic E-state index is 10.6. The van der Waals surface area contributed by atoms with Crippen molar-refractivity contribution in [2.75, 3.05) is 26.0 Å². The number of hydrogen-bond acceptors (Lipinski definition) is 5. The number of rotatable bonds is 6. The number of pyridine rings is 1. The zero-order valence-electron chi connectivity index (χ0n) is 12.5. The number of nitrogens with zero attached hydrogens (tertiary/aromatic N) is 3. The van der Waals surface area contributed by atoms with Crippen molar-refractivity contribution in [1.29, 1.82) is 0 Å². The van der Waals surface area contributed by atoms with Crippen molar-refractivity contribution in [1.82, 2.24) is 9.88 Å². The Hall–Kier alpha value is -1.40. The monoisotopic (exact) mass is 300 g/mol. The predicted octanol–water partition coefficient (Wildman–Crippen LogP) is 3.03. The van der Waals surface area contributed by atoms with Crippen LogP contribution in [0.2, 0.25) is 5.02 Å². The predicted molar refractivity (Wildman–Crippen MR) is 81.3 cm³/mol. The van der Waals surface area contributed by atoms with Crippen LogP contribution in [0.1, 0.15) is 20.8 Å². The van der Waals surface area contributed by atoms with E-state index in [0.717, 1.165) is 6.54 Å². The van der Waals surface area contributed by atoms with Gasteiger partial charge in [0, 0.05) is 18.7 Å². The fraction of sp³-hybridized carbons (Fsp3) is 0.615. The van der Waals surface area contributed by atoms with Crippen LogP contribution in [0.3, 0.4) is 0 Å². The van der Waals surface area contributed by atoms with Crippen LogP contribution in [0, 0.1) is 15.5 Å². The van der Waals surface area contributed by atoms with E-state index in [1.54, 1.807) is 0 Å². The molecule has 1 aromatic rings. The van der Waals surface area contributed by atoms with E-state index in [1.807, 2.05) is 21.0 Å². The van der Waals surface area contributed by atoms with Gasteiger partial charge in [-0.15, -0.1) is 0 Å².